The molecule has 4 N–H and O–H groups in total. The van der Waals surface area contributed by atoms with Crippen molar-refractivity contribution in [2.24, 2.45) is 5.14 Å². The maximum absolute atomic E-state index is 12.5. The lowest BCUT2D eigenvalue weighted by Gasteiger charge is -2.15. The number of primary sulfonamides is 1. The van der Waals surface area contributed by atoms with Gasteiger partial charge < -0.3 is 5.32 Å². The largest absolute Gasteiger partial charge is 0.346 e. The van der Waals surface area contributed by atoms with E-state index in [1.165, 1.54) is 67.0 Å². The Balaban J connectivity index is 1.72. The smallest absolute Gasteiger partial charge is 0.261 e. The van der Waals surface area contributed by atoms with Crippen molar-refractivity contribution in [1.29, 1.82) is 0 Å². The Labute approximate surface area is 180 Å². The first kappa shape index (κ1) is 22.4. The van der Waals surface area contributed by atoms with Crippen LogP contribution in [0.3, 0.4) is 0 Å². The Bertz CT molecular complexity index is 1290. The fourth-order valence-corrected chi connectivity index (χ4v) is 4.37. The molecule has 0 bridgehead atoms. The molecule has 1 heterocycles. The number of rotatable bonds is 7. The molecule has 0 saturated heterocycles. The predicted molar refractivity (Wildman–Crippen MR) is 115 cm³/mol. The molecule has 2 aromatic carbocycles. The number of nitrogens with zero attached hydrogens (tertiary/aromatic N) is 1. The Morgan fingerprint density at radius 3 is 2.19 bits per heavy atom. The molecule has 3 aromatic rings. The van der Waals surface area contributed by atoms with E-state index in [4.69, 9.17) is 5.14 Å². The van der Waals surface area contributed by atoms with Crippen molar-refractivity contribution >= 4 is 31.6 Å². The first-order valence-corrected chi connectivity index (χ1v) is 12.1. The van der Waals surface area contributed by atoms with Crippen LogP contribution in [-0.4, -0.2) is 27.7 Å². The lowest BCUT2D eigenvalue weighted by atomic mass is 10.1. The van der Waals surface area contributed by atoms with Gasteiger partial charge in [-0.05, 0) is 61.0 Å². The third kappa shape index (κ3) is 5.66. The quantitative estimate of drug-likeness (QED) is 0.491. The van der Waals surface area contributed by atoms with E-state index >= 15 is 0 Å². The number of carbonyl (C=O) groups excluding carboxylic acids is 1. The van der Waals surface area contributed by atoms with Crippen molar-refractivity contribution in [3.05, 3.63) is 84.2 Å². The summed E-state index contributed by atoms with van der Waals surface area (Å²) in [5.41, 5.74) is 1.17. The number of sulfonamides is 2. The Hall–Kier alpha value is -3.28. The van der Waals surface area contributed by atoms with E-state index in [-0.39, 0.29) is 15.4 Å². The van der Waals surface area contributed by atoms with Gasteiger partial charge in [-0.15, -0.1) is 0 Å². The van der Waals surface area contributed by atoms with Crippen LogP contribution in [-0.2, 0) is 20.0 Å². The summed E-state index contributed by atoms with van der Waals surface area (Å²) in [5, 5.41) is 7.89. The number of amides is 1. The van der Waals surface area contributed by atoms with E-state index in [1.807, 2.05) is 0 Å². The van der Waals surface area contributed by atoms with Gasteiger partial charge in [0.2, 0.25) is 10.0 Å². The number of pyridine rings is 1. The minimum Gasteiger partial charge on any atom is -0.346 e. The molecule has 0 saturated carbocycles. The summed E-state index contributed by atoms with van der Waals surface area (Å²) in [4.78, 5) is 16.3. The number of hydrogen-bond donors (Lipinski definition) is 3. The molecule has 0 aliphatic rings. The zero-order chi connectivity index (χ0) is 22.6. The fraction of sp³-hybridized carbons (Fsp3) is 0.100. The summed E-state index contributed by atoms with van der Waals surface area (Å²) in [5.74, 6) is -0.445. The molecule has 31 heavy (non-hydrogen) atoms. The first-order valence-electron chi connectivity index (χ1n) is 9.03. The molecule has 1 unspecified atom stereocenters. The summed E-state index contributed by atoms with van der Waals surface area (Å²) in [6, 6.07) is 13.9. The van der Waals surface area contributed by atoms with Gasteiger partial charge in [-0.1, -0.05) is 12.1 Å². The second kappa shape index (κ2) is 8.84. The molecule has 0 fully saturated rings. The summed E-state index contributed by atoms with van der Waals surface area (Å²) in [6.45, 7) is 1.69. The van der Waals surface area contributed by atoms with Crippen molar-refractivity contribution in [3.63, 3.8) is 0 Å². The van der Waals surface area contributed by atoms with Crippen molar-refractivity contribution in [1.82, 2.24) is 10.3 Å². The molecule has 0 radical (unpaired) electrons. The molecule has 9 nitrogen and oxygen atoms in total. The van der Waals surface area contributed by atoms with Crippen LogP contribution in [0.1, 0.15) is 28.9 Å². The highest BCUT2D eigenvalue weighted by Crippen LogP contribution is 2.19. The van der Waals surface area contributed by atoms with Crippen LogP contribution < -0.4 is 15.2 Å². The lowest BCUT2D eigenvalue weighted by molar-refractivity contribution is 0.0939. The van der Waals surface area contributed by atoms with Gasteiger partial charge in [0.1, 0.15) is 0 Å². The zero-order valence-corrected chi connectivity index (χ0v) is 18.0. The van der Waals surface area contributed by atoms with E-state index in [1.54, 1.807) is 13.0 Å². The van der Waals surface area contributed by atoms with Gasteiger partial charge in [0.25, 0.3) is 15.9 Å². The highest BCUT2D eigenvalue weighted by molar-refractivity contribution is 7.92. The standard InChI is InChI=1S/C20H20N4O5S2/c1-14(16-3-2-4-19(13-16)30(21,26)27)23-20(25)15-5-7-18(8-6-15)31(28,29)24-17-9-11-22-12-10-17/h2-14H,1H3,(H,22,24)(H,23,25)(H2,21,26,27). The fourth-order valence-electron chi connectivity index (χ4n) is 2.74. The van der Waals surface area contributed by atoms with Crippen molar-refractivity contribution < 1.29 is 21.6 Å². The highest BCUT2D eigenvalue weighted by atomic mass is 32.2. The second-order valence-corrected chi connectivity index (χ2v) is 9.92. The number of aromatic nitrogens is 1. The molecule has 162 valence electrons. The van der Waals surface area contributed by atoms with Crippen molar-refractivity contribution in [3.8, 4) is 0 Å². The number of hydrogen-bond acceptors (Lipinski definition) is 6. The maximum atomic E-state index is 12.5. The molecule has 0 aliphatic heterocycles. The van der Waals surface area contributed by atoms with E-state index < -0.39 is 32.0 Å². The summed E-state index contributed by atoms with van der Waals surface area (Å²) in [6.07, 6.45) is 2.93. The molecule has 0 aliphatic carbocycles. The van der Waals surface area contributed by atoms with Gasteiger partial charge in [-0.25, -0.2) is 22.0 Å². The van der Waals surface area contributed by atoms with Gasteiger partial charge in [0, 0.05) is 18.0 Å². The van der Waals surface area contributed by atoms with Gasteiger partial charge in [0.15, 0.2) is 0 Å². The number of anilines is 1. The second-order valence-electron chi connectivity index (χ2n) is 6.68. The molecule has 11 heteroatoms. The third-order valence-electron chi connectivity index (χ3n) is 4.39. The van der Waals surface area contributed by atoms with Crippen LogP contribution in [0.25, 0.3) is 0 Å². The third-order valence-corrected chi connectivity index (χ3v) is 6.70. The Kier molecular flexibility index (Phi) is 6.39. The minimum atomic E-state index is -3.86. The van der Waals surface area contributed by atoms with Crippen LogP contribution in [0.2, 0.25) is 0 Å². The van der Waals surface area contributed by atoms with Gasteiger partial charge in [0.05, 0.1) is 21.5 Å². The van der Waals surface area contributed by atoms with Crippen LogP contribution in [0.15, 0.2) is 82.8 Å². The monoisotopic (exact) mass is 460 g/mol. The van der Waals surface area contributed by atoms with Gasteiger partial charge in [-0.2, -0.15) is 0 Å². The molecule has 1 amide bonds. The van der Waals surface area contributed by atoms with Crippen LogP contribution >= 0.6 is 0 Å². The maximum Gasteiger partial charge on any atom is 0.261 e. The molecule has 0 spiro atoms. The lowest BCUT2D eigenvalue weighted by Crippen LogP contribution is -2.27. The molecule has 3 rings (SSSR count). The van der Waals surface area contributed by atoms with E-state index in [0.717, 1.165) is 0 Å². The number of carbonyl (C=O) groups is 1. The summed E-state index contributed by atoms with van der Waals surface area (Å²) < 4.78 is 50.4. The SMILES string of the molecule is CC(NC(=O)c1ccc(S(=O)(=O)Nc2ccncc2)cc1)c1cccc(S(N)(=O)=O)c1. The van der Waals surface area contributed by atoms with Crippen LogP contribution in [0, 0.1) is 0 Å². The highest BCUT2D eigenvalue weighted by Gasteiger charge is 2.17. The minimum absolute atomic E-state index is 0.00485. The van der Waals surface area contributed by atoms with E-state index in [0.29, 0.717) is 11.3 Å². The van der Waals surface area contributed by atoms with Gasteiger partial charge >= 0.3 is 0 Å². The van der Waals surface area contributed by atoms with E-state index in [9.17, 15) is 21.6 Å². The average molecular weight is 461 g/mol. The summed E-state index contributed by atoms with van der Waals surface area (Å²) in [7, 11) is -7.68. The van der Waals surface area contributed by atoms with Crippen LogP contribution in [0.5, 0.6) is 0 Å². The van der Waals surface area contributed by atoms with Gasteiger partial charge in [-0.3, -0.25) is 14.5 Å². The first-order chi connectivity index (χ1) is 14.6. The predicted octanol–water partition coefficient (Wildman–Crippen LogP) is 2.02. The molecular formula is C20H20N4O5S2. The average Bonchev–Trinajstić information content (AvgIpc) is 2.73. The Morgan fingerprint density at radius 1 is 0.935 bits per heavy atom. The Morgan fingerprint density at radius 2 is 1.58 bits per heavy atom. The number of benzene rings is 2. The molecule has 1 atom stereocenters. The zero-order valence-electron chi connectivity index (χ0n) is 16.4. The topological polar surface area (TPSA) is 148 Å². The number of nitrogens with two attached hydrogens (primary N) is 1. The van der Waals surface area contributed by atoms with Crippen LogP contribution in [0.4, 0.5) is 5.69 Å². The molecular weight excluding hydrogens is 440 g/mol. The molecule has 1 aromatic heterocycles. The van der Waals surface area contributed by atoms with Crippen molar-refractivity contribution in [2.45, 2.75) is 22.8 Å². The number of nitrogens with one attached hydrogen (secondary N) is 2. The summed E-state index contributed by atoms with van der Waals surface area (Å²) >= 11 is 0. The van der Waals surface area contributed by atoms with E-state index in [2.05, 4.69) is 15.0 Å². The normalized spacial score (nSPS) is 12.7. The van der Waals surface area contributed by atoms with Crippen molar-refractivity contribution in [2.75, 3.05) is 4.72 Å².